The van der Waals surface area contributed by atoms with Gasteiger partial charge in [-0.25, -0.2) is 9.78 Å². The standard InChI is InChI=1S/C20H22N2O4/c1-4-25-19(24)15-10-14-12-26-20(2,3)11-16(14)21-17(15)22-18(23)13-8-6-5-7-9-13/h5-10H,4,11-12H2,1-3H3,(H,21,22,23). The lowest BCUT2D eigenvalue weighted by Gasteiger charge is -2.31. The van der Waals surface area contributed by atoms with Crippen molar-refractivity contribution in [2.24, 2.45) is 0 Å². The van der Waals surface area contributed by atoms with Crippen LogP contribution in [0.1, 0.15) is 52.7 Å². The fraction of sp³-hybridized carbons (Fsp3) is 0.350. The first kappa shape index (κ1) is 18.1. The Bertz CT molecular complexity index is 831. The highest BCUT2D eigenvalue weighted by Crippen LogP contribution is 2.30. The maximum absolute atomic E-state index is 12.5. The molecule has 3 rings (SSSR count). The lowest BCUT2D eigenvalue weighted by molar-refractivity contribution is -0.0412. The first-order chi connectivity index (χ1) is 12.4. The fourth-order valence-electron chi connectivity index (χ4n) is 2.83. The molecule has 1 aliphatic rings. The predicted molar refractivity (Wildman–Crippen MR) is 97.2 cm³/mol. The number of nitrogens with one attached hydrogen (secondary N) is 1. The Morgan fingerprint density at radius 1 is 1.27 bits per heavy atom. The summed E-state index contributed by atoms with van der Waals surface area (Å²) in [7, 11) is 0. The van der Waals surface area contributed by atoms with E-state index in [1.807, 2.05) is 19.9 Å². The number of amides is 1. The van der Waals surface area contributed by atoms with E-state index >= 15 is 0 Å². The highest BCUT2D eigenvalue weighted by molar-refractivity contribution is 6.07. The molecule has 0 spiro atoms. The molecule has 1 N–H and O–H groups in total. The van der Waals surface area contributed by atoms with Crippen molar-refractivity contribution in [3.05, 3.63) is 58.8 Å². The fourth-order valence-corrected chi connectivity index (χ4v) is 2.83. The zero-order valence-corrected chi connectivity index (χ0v) is 15.2. The van der Waals surface area contributed by atoms with Crippen LogP contribution >= 0.6 is 0 Å². The van der Waals surface area contributed by atoms with Crippen molar-refractivity contribution < 1.29 is 19.1 Å². The second-order valence-electron chi connectivity index (χ2n) is 6.76. The largest absolute Gasteiger partial charge is 0.462 e. The molecule has 6 nitrogen and oxygen atoms in total. The van der Waals surface area contributed by atoms with E-state index in [0.29, 0.717) is 18.6 Å². The maximum atomic E-state index is 12.5. The zero-order valence-electron chi connectivity index (χ0n) is 15.2. The normalized spacial score (nSPS) is 15.0. The number of rotatable bonds is 4. The lowest BCUT2D eigenvalue weighted by Crippen LogP contribution is -2.33. The van der Waals surface area contributed by atoms with E-state index in [9.17, 15) is 9.59 Å². The SMILES string of the molecule is CCOC(=O)c1cc2c(nc1NC(=O)c1ccccc1)CC(C)(C)OC2. The number of fused-ring (bicyclic) bond motifs is 1. The number of pyridine rings is 1. The number of nitrogens with zero attached hydrogens (tertiary/aromatic N) is 1. The first-order valence-corrected chi connectivity index (χ1v) is 8.60. The molecule has 0 aliphatic carbocycles. The molecule has 1 aliphatic heterocycles. The Labute approximate surface area is 152 Å². The highest BCUT2D eigenvalue weighted by atomic mass is 16.5. The first-order valence-electron chi connectivity index (χ1n) is 8.60. The minimum absolute atomic E-state index is 0.216. The van der Waals surface area contributed by atoms with Crippen molar-refractivity contribution in [3.8, 4) is 0 Å². The minimum atomic E-state index is -0.518. The van der Waals surface area contributed by atoms with Gasteiger partial charge in [-0.1, -0.05) is 18.2 Å². The molecule has 0 unspecified atom stereocenters. The van der Waals surface area contributed by atoms with E-state index < -0.39 is 5.97 Å². The Morgan fingerprint density at radius 2 is 2.00 bits per heavy atom. The van der Waals surface area contributed by atoms with Crippen molar-refractivity contribution in [2.45, 2.75) is 39.4 Å². The summed E-state index contributed by atoms with van der Waals surface area (Å²) in [6.45, 7) is 6.32. The molecule has 6 heteroatoms. The van der Waals surface area contributed by atoms with Crippen molar-refractivity contribution in [1.82, 2.24) is 4.98 Å². The van der Waals surface area contributed by atoms with E-state index in [2.05, 4.69) is 10.3 Å². The summed E-state index contributed by atoms with van der Waals surface area (Å²) in [5.74, 6) is -0.625. The van der Waals surface area contributed by atoms with Gasteiger partial charge in [0.1, 0.15) is 11.4 Å². The third-order valence-corrected chi connectivity index (χ3v) is 4.17. The number of anilines is 1. The van der Waals surface area contributed by atoms with Gasteiger partial charge in [0.05, 0.1) is 24.5 Å². The third-order valence-electron chi connectivity index (χ3n) is 4.17. The molecule has 2 heterocycles. The Kier molecular flexibility index (Phi) is 5.04. The van der Waals surface area contributed by atoms with Gasteiger partial charge in [-0.3, -0.25) is 4.79 Å². The summed E-state index contributed by atoms with van der Waals surface area (Å²) >= 11 is 0. The topological polar surface area (TPSA) is 77.5 Å². The molecule has 26 heavy (non-hydrogen) atoms. The van der Waals surface area contributed by atoms with Gasteiger partial charge in [-0.15, -0.1) is 0 Å². The van der Waals surface area contributed by atoms with Gasteiger partial charge in [0.2, 0.25) is 0 Å². The van der Waals surface area contributed by atoms with Crippen LogP contribution in [-0.2, 0) is 22.5 Å². The predicted octanol–water partition coefficient (Wildman–Crippen LogP) is 3.36. The van der Waals surface area contributed by atoms with Gasteiger partial charge in [0.25, 0.3) is 5.91 Å². The Morgan fingerprint density at radius 3 is 2.69 bits per heavy atom. The van der Waals surface area contributed by atoms with Gasteiger partial charge < -0.3 is 14.8 Å². The molecule has 0 atom stereocenters. The third kappa shape index (κ3) is 3.91. The summed E-state index contributed by atoms with van der Waals surface area (Å²) in [5.41, 5.74) is 2.04. The molecule has 0 fully saturated rings. The van der Waals surface area contributed by atoms with Gasteiger partial charge >= 0.3 is 5.97 Å². The number of carbonyl (C=O) groups excluding carboxylic acids is 2. The molecule has 0 radical (unpaired) electrons. The second-order valence-corrected chi connectivity index (χ2v) is 6.76. The minimum Gasteiger partial charge on any atom is -0.462 e. The number of carbonyl (C=O) groups is 2. The summed E-state index contributed by atoms with van der Waals surface area (Å²) in [6.07, 6.45) is 0.597. The van der Waals surface area contributed by atoms with Crippen LogP contribution < -0.4 is 5.32 Å². The number of ether oxygens (including phenoxy) is 2. The van der Waals surface area contributed by atoms with Crippen molar-refractivity contribution in [1.29, 1.82) is 0 Å². The van der Waals surface area contributed by atoms with Crippen molar-refractivity contribution in [2.75, 3.05) is 11.9 Å². The Hall–Kier alpha value is -2.73. The van der Waals surface area contributed by atoms with Crippen LogP contribution in [0.5, 0.6) is 0 Å². The molecule has 1 aromatic heterocycles. The monoisotopic (exact) mass is 354 g/mol. The van der Waals surface area contributed by atoms with Crippen LogP contribution in [0.15, 0.2) is 36.4 Å². The molecule has 136 valence electrons. The van der Waals surface area contributed by atoms with E-state index in [-0.39, 0.29) is 29.5 Å². The smallest absolute Gasteiger partial charge is 0.341 e. The molecule has 2 aromatic rings. The van der Waals surface area contributed by atoms with Crippen LogP contribution in [0.2, 0.25) is 0 Å². The average Bonchev–Trinajstić information content (AvgIpc) is 2.61. The number of hydrogen-bond acceptors (Lipinski definition) is 5. The van der Waals surface area contributed by atoms with E-state index in [1.54, 1.807) is 37.3 Å². The summed E-state index contributed by atoms with van der Waals surface area (Å²) in [6, 6.07) is 10.5. The zero-order chi connectivity index (χ0) is 18.7. The summed E-state index contributed by atoms with van der Waals surface area (Å²) in [4.78, 5) is 29.4. The molecule has 0 bridgehead atoms. The maximum Gasteiger partial charge on any atom is 0.341 e. The molecule has 0 saturated carbocycles. The number of benzene rings is 1. The Balaban J connectivity index is 1.98. The van der Waals surface area contributed by atoms with Crippen molar-refractivity contribution in [3.63, 3.8) is 0 Å². The average molecular weight is 354 g/mol. The van der Waals surface area contributed by atoms with Crippen LogP contribution in [0.3, 0.4) is 0 Å². The molecule has 1 amide bonds. The highest BCUT2D eigenvalue weighted by Gasteiger charge is 2.29. The molecule has 0 saturated heterocycles. The molecular weight excluding hydrogens is 332 g/mol. The number of esters is 1. The van der Waals surface area contributed by atoms with Gasteiger partial charge in [-0.05, 0) is 39.0 Å². The van der Waals surface area contributed by atoms with Crippen LogP contribution in [0, 0.1) is 0 Å². The van der Waals surface area contributed by atoms with Crippen LogP contribution in [0.25, 0.3) is 0 Å². The lowest BCUT2D eigenvalue weighted by atomic mass is 9.95. The van der Waals surface area contributed by atoms with E-state index in [1.165, 1.54) is 0 Å². The van der Waals surface area contributed by atoms with E-state index in [4.69, 9.17) is 9.47 Å². The number of aromatic nitrogens is 1. The summed E-state index contributed by atoms with van der Waals surface area (Å²) in [5, 5.41) is 2.75. The molecular formula is C20H22N2O4. The van der Waals surface area contributed by atoms with Gasteiger partial charge in [-0.2, -0.15) is 0 Å². The van der Waals surface area contributed by atoms with E-state index in [0.717, 1.165) is 11.3 Å². The van der Waals surface area contributed by atoms with Crippen molar-refractivity contribution >= 4 is 17.7 Å². The van der Waals surface area contributed by atoms with Gasteiger partial charge in [0, 0.05) is 17.5 Å². The van der Waals surface area contributed by atoms with Crippen LogP contribution in [0.4, 0.5) is 5.82 Å². The summed E-state index contributed by atoms with van der Waals surface area (Å²) < 4.78 is 10.9. The number of hydrogen-bond donors (Lipinski definition) is 1. The quantitative estimate of drug-likeness (QED) is 0.852. The van der Waals surface area contributed by atoms with Gasteiger partial charge in [0.15, 0.2) is 0 Å². The molecule has 1 aromatic carbocycles. The van der Waals surface area contributed by atoms with Crippen LogP contribution in [-0.4, -0.2) is 29.1 Å². The second kappa shape index (κ2) is 7.25.